The Labute approximate surface area is 171 Å². The number of carboxylic acids is 2. The number of nitrogens with zero attached hydrogens (tertiary/aromatic N) is 2. The van der Waals surface area contributed by atoms with Crippen LogP contribution < -0.4 is 10.2 Å². The van der Waals surface area contributed by atoms with E-state index in [0.29, 0.717) is 0 Å². The lowest BCUT2D eigenvalue weighted by Gasteiger charge is -2.44. The molecule has 2 aliphatic heterocycles. The quantitative estimate of drug-likeness (QED) is 0.301. The third-order valence-electron chi connectivity index (χ3n) is 6.72. The van der Waals surface area contributed by atoms with Gasteiger partial charge in [0, 0.05) is 36.9 Å². The molecule has 5 rings (SSSR count). The smallest absolute Gasteiger partial charge is 0.233 e. The van der Waals surface area contributed by atoms with Gasteiger partial charge in [-0.3, -0.25) is 29.0 Å². The first kappa shape index (κ1) is 20.2. The fourth-order valence-corrected chi connectivity index (χ4v) is 5.55. The van der Waals surface area contributed by atoms with Gasteiger partial charge < -0.3 is 19.8 Å². The summed E-state index contributed by atoms with van der Waals surface area (Å²) in [5.41, 5.74) is 0. The van der Waals surface area contributed by atoms with Crippen LogP contribution in [-0.2, 0) is 28.8 Å². The van der Waals surface area contributed by atoms with Gasteiger partial charge in [-0.25, -0.2) is 0 Å². The summed E-state index contributed by atoms with van der Waals surface area (Å²) < 4.78 is 0. The number of carbonyl (C=O) groups is 6. The van der Waals surface area contributed by atoms with Crippen molar-refractivity contribution in [2.24, 2.45) is 35.5 Å². The molecular formula is C20H20N2O8-2. The Bertz CT molecular complexity index is 766. The van der Waals surface area contributed by atoms with E-state index >= 15 is 0 Å². The zero-order valence-electron chi connectivity index (χ0n) is 16.0. The van der Waals surface area contributed by atoms with Crippen molar-refractivity contribution in [1.82, 2.24) is 9.80 Å². The average Bonchev–Trinajstić information content (AvgIpc) is 3.10. The van der Waals surface area contributed by atoms with Crippen LogP contribution in [-0.4, -0.2) is 58.5 Å². The van der Waals surface area contributed by atoms with Gasteiger partial charge in [0.1, 0.15) is 0 Å². The number of amides is 4. The first-order chi connectivity index (χ1) is 14.2. The Balaban J connectivity index is 1.55. The van der Waals surface area contributed by atoms with Crippen molar-refractivity contribution in [3.05, 3.63) is 12.2 Å². The van der Waals surface area contributed by atoms with Gasteiger partial charge in [-0.1, -0.05) is 12.2 Å². The number of imide groups is 2. The summed E-state index contributed by atoms with van der Waals surface area (Å²) >= 11 is 0. The summed E-state index contributed by atoms with van der Waals surface area (Å²) in [6.45, 7) is -0.0741. The van der Waals surface area contributed by atoms with Gasteiger partial charge in [-0.15, -0.1) is 0 Å². The highest BCUT2D eigenvalue weighted by molar-refractivity contribution is 6.10. The van der Waals surface area contributed by atoms with Crippen LogP contribution in [0, 0.1) is 35.5 Å². The van der Waals surface area contributed by atoms with E-state index in [2.05, 4.69) is 0 Å². The molecule has 0 radical (unpaired) electrons. The van der Waals surface area contributed by atoms with Gasteiger partial charge in [0.2, 0.25) is 23.6 Å². The van der Waals surface area contributed by atoms with Gasteiger partial charge in [0.25, 0.3) is 0 Å². The summed E-state index contributed by atoms with van der Waals surface area (Å²) in [6, 6.07) is 0. The lowest BCUT2D eigenvalue weighted by Crippen LogP contribution is -2.50. The number of likely N-dealkylation sites (tertiary alicyclic amines) is 2. The zero-order valence-corrected chi connectivity index (χ0v) is 16.0. The number of carbonyl (C=O) groups excluding carboxylic acids is 6. The van der Waals surface area contributed by atoms with Gasteiger partial charge >= 0.3 is 0 Å². The number of rotatable bonds is 8. The molecule has 2 heterocycles. The number of carboxylic acid groups (broad SMARTS) is 2. The minimum absolute atomic E-state index is 0.0370. The predicted octanol–water partition coefficient (Wildman–Crippen LogP) is -2.94. The molecule has 160 valence electrons. The molecule has 3 aliphatic carbocycles. The zero-order chi connectivity index (χ0) is 21.7. The molecule has 0 N–H and O–H groups in total. The van der Waals surface area contributed by atoms with Crippen molar-refractivity contribution >= 4 is 35.6 Å². The molecule has 2 bridgehead atoms. The van der Waals surface area contributed by atoms with Gasteiger partial charge in [0.15, 0.2) is 0 Å². The lowest BCUT2D eigenvalue weighted by molar-refractivity contribution is -0.307. The molecule has 5 aliphatic rings. The van der Waals surface area contributed by atoms with E-state index in [0.717, 1.165) is 9.80 Å². The van der Waals surface area contributed by atoms with E-state index < -0.39 is 71.1 Å². The second-order valence-corrected chi connectivity index (χ2v) is 8.25. The molecule has 10 heteroatoms. The Morgan fingerprint density at radius 1 is 0.667 bits per heavy atom. The molecule has 0 spiro atoms. The maximum atomic E-state index is 12.9. The highest BCUT2D eigenvalue weighted by atomic mass is 16.4. The van der Waals surface area contributed by atoms with Crippen LogP contribution in [0.4, 0.5) is 0 Å². The molecule has 1 saturated carbocycles. The molecule has 3 fully saturated rings. The molecule has 30 heavy (non-hydrogen) atoms. The van der Waals surface area contributed by atoms with Crippen molar-refractivity contribution in [2.45, 2.75) is 25.7 Å². The molecule has 6 atom stereocenters. The predicted molar refractivity (Wildman–Crippen MR) is 92.0 cm³/mol. The van der Waals surface area contributed by atoms with Gasteiger partial charge in [0.05, 0.1) is 23.7 Å². The number of hydrogen-bond donors (Lipinski definition) is 0. The summed E-state index contributed by atoms with van der Waals surface area (Å²) in [7, 11) is 0. The third-order valence-corrected chi connectivity index (χ3v) is 6.72. The molecule has 0 aromatic rings. The van der Waals surface area contributed by atoms with Crippen LogP contribution in [0.5, 0.6) is 0 Å². The molecule has 4 amide bonds. The van der Waals surface area contributed by atoms with Crippen LogP contribution in [0.15, 0.2) is 12.2 Å². The Morgan fingerprint density at radius 3 is 1.23 bits per heavy atom. The first-order valence-electron chi connectivity index (χ1n) is 10.0. The van der Waals surface area contributed by atoms with E-state index in [1.807, 2.05) is 0 Å². The molecule has 10 nitrogen and oxygen atoms in total. The van der Waals surface area contributed by atoms with E-state index in [9.17, 15) is 39.0 Å². The maximum absolute atomic E-state index is 12.9. The summed E-state index contributed by atoms with van der Waals surface area (Å²) in [6.07, 6.45) is 3.08. The number of hydrogen-bond acceptors (Lipinski definition) is 8. The van der Waals surface area contributed by atoms with Gasteiger partial charge in [-0.2, -0.15) is 0 Å². The van der Waals surface area contributed by atoms with E-state index in [1.165, 1.54) is 0 Å². The first-order valence-corrected chi connectivity index (χ1v) is 10.0. The molecular weight excluding hydrogens is 396 g/mol. The molecule has 2 unspecified atom stereocenters. The van der Waals surface area contributed by atoms with Crippen LogP contribution >= 0.6 is 0 Å². The fourth-order valence-electron chi connectivity index (χ4n) is 5.55. The van der Waals surface area contributed by atoms with Crippen LogP contribution in [0.25, 0.3) is 0 Å². The molecule has 0 aromatic heterocycles. The largest absolute Gasteiger partial charge is 0.550 e. The van der Waals surface area contributed by atoms with Crippen molar-refractivity contribution in [1.29, 1.82) is 0 Å². The normalized spacial score (nSPS) is 34.0. The highest BCUT2D eigenvalue weighted by Gasteiger charge is 2.68. The van der Waals surface area contributed by atoms with Crippen LogP contribution in [0.1, 0.15) is 25.7 Å². The second kappa shape index (κ2) is 7.33. The standard InChI is InChI=1S/C20H22N2O8/c23-11(24)3-1-7-21-17(27)13-9-5-6-10(14(13)18(21)28)16-15(9)19(29)22(20(16)30)8-2-4-12(25)26/h5-6,9-10,13-16H,1-4,7-8H2,(H,23,24)(H,25,26)/p-2/t9?,10?,13-,14-,15-,16+/m1/s1. The summed E-state index contributed by atoms with van der Waals surface area (Å²) in [5, 5.41) is 21.2. The van der Waals surface area contributed by atoms with Crippen molar-refractivity contribution in [2.75, 3.05) is 13.1 Å². The monoisotopic (exact) mass is 416 g/mol. The Hall–Kier alpha value is -3.04. The third kappa shape index (κ3) is 2.93. The van der Waals surface area contributed by atoms with Crippen LogP contribution in [0.2, 0.25) is 0 Å². The molecule has 2 saturated heterocycles. The average molecular weight is 416 g/mol. The number of aliphatic carboxylic acids is 2. The van der Waals surface area contributed by atoms with E-state index in [4.69, 9.17) is 0 Å². The van der Waals surface area contributed by atoms with Crippen molar-refractivity contribution in [3.63, 3.8) is 0 Å². The second-order valence-electron chi connectivity index (χ2n) is 8.25. The SMILES string of the molecule is O=C([O-])CCCN1C(=O)[C@@H]2C3C=CC([C@H]2C1=O)[C@@H]1C(=O)N(CCCC(=O)[O-])C(=O)[C@H]31. The molecule has 0 aromatic carbocycles. The van der Waals surface area contributed by atoms with Gasteiger partial charge in [-0.05, 0) is 25.7 Å². The van der Waals surface area contributed by atoms with E-state index in [-0.39, 0.29) is 38.8 Å². The van der Waals surface area contributed by atoms with Crippen molar-refractivity contribution in [3.8, 4) is 0 Å². The van der Waals surface area contributed by atoms with Crippen LogP contribution in [0.3, 0.4) is 0 Å². The minimum atomic E-state index is -1.27. The Morgan fingerprint density at radius 2 is 0.967 bits per heavy atom. The number of allylic oxidation sites excluding steroid dienone is 2. The van der Waals surface area contributed by atoms with Crippen molar-refractivity contribution < 1.29 is 39.0 Å². The topological polar surface area (TPSA) is 155 Å². The summed E-state index contributed by atoms with van der Waals surface area (Å²) in [5.74, 6) is -8.40. The maximum Gasteiger partial charge on any atom is 0.233 e. The van der Waals surface area contributed by atoms with E-state index in [1.54, 1.807) is 12.2 Å². The summed E-state index contributed by atoms with van der Waals surface area (Å²) in [4.78, 5) is 75.1. The highest BCUT2D eigenvalue weighted by Crippen LogP contribution is 2.57. The fraction of sp³-hybridized carbons (Fsp3) is 0.600. The minimum Gasteiger partial charge on any atom is -0.550 e. The lowest BCUT2D eigenvalue weighted by atomic mass is 9.54. The Kier molecular flexibility index (Phi) is 4.95.